The average molecular weight is 310 g/mol. The minimum Gasteiger partial charge on any atom is -0.337 e. The molecule has 0 aliphatic rings. The number of hydrogen-bond acceptors (Lipinski definition) is 2. The smallest absolute Gasteiger partial charge is 0.337 e. The van der Waals surface area contributed by atoms with Crippen LogP contribution in [0.25, 0.3) is 0 Å². The lowest BCUT2D eigenvalue weighted by Crippen LogP contribution is -2.32. The number of hydrogen-bond donors (Lipinski definition) is 1. The first kappa shape index (κ1) is 15.8. The van der Waals surface area contributed by atoms with Crippen LogP contribution in [0.2, 0.25) is 0 Å². The van der Waals surface area contributed by atoms with Crippen LogP contribution in [0.5, 0.6) is 0 Å². The maximum atomic E-state index is 12.5. The van der Waals surface area contributed by atoms with E-state index in [1.165, 1.54) is 11.9 Å². The van der Waals surface area contributed by atoms with Gasteiger partial charge in [0, 0.05) is 13.6 Å². The molecule has 0 saturated heterocycles. The van der Waals surface area contributed by atoms with Gasteiger partial charge in [-0.25, -0.2) is 0 Å². The van der Waals surface area contributed by atoms with E-state index in [1.54, 1.807) is 29.2 Å². The molecule has 2 rings (SSSR count). The third-order valence-corrected chi connectivity index (χ3v) is 3.05. The van der Waals surface area contributed by atoms with Gasteiger partial charge in [-0.05, 0) is 17.7 Å². The molecule has 7 heteroatoms. The Morgan fingerprint density at radius 3 is 2.32 bits per heavy atom. The Hall–Kier alpha value is -2.57. The van der Waals surface area contributed by atoms with Gasteiger partial charge in [0.25, 0.3) is 11.5 Å². The molecule has 116 valence electrons. The highest BCUT2D eigenvalue weighted by molar-refractivity contribution is 5.93. The van der Waals surface area contributed by atoms with Crippen LogP contribution in [0.1, 0.15) is 21.6 Å². The van der Waals surface area contributed by atoms with E-state index in [0.717, 1.165) is 11.6 Å². The van der Waals surface area contributed by atoms with Gasteiger partial charge >= 0.3 is 6.18 Å². The van der Waals surface area contributed by atoms with Gasteiger partial charge in [-0.1, -0.05) is 30.3 Å². The first-order valence-electron chi connectivity index (χ1n) is 6.39. The van der Waals surface area contributed by atoms with Gasteiger partial charge in [0.15, 0.2) is 0 Å². The molecule has 4 nitrogen and oxygen atoms in total. The molecule has 0 aliphatic carbocycles. The summed E-state index contributed by atoms with van der Waals surface area (Å²) in [5, 5.41) is 0. The maximum absolute atomic E-state index is 12.5. The maximum Gasteiger partial charge on any atom is 0.431 e. The monoisotopic (exact) mass is 310 g/mol. The lowest BCUT2D eigenvalue weighted by atomic mass is 10.2. The molecule has 22 heavy (non-hydrogen) atoms. The second kappa shape index (κ2) is 6.05. The summed E-state index contributed by atoms with van der Waals surface area (Å²) in [7, 11) is 1.48. The number of aromatic amines is 1. The Kier molecular flexibility index (Phi) is 4.35. The normalized spacial score (nSPS) is 11.3. The molecule has 2 aromatic rings. The van der Waals surface area contributed by atoms with Crippen molar-refractivity contribution >= 4 is 5.91 Å². The fourth-order valence-electron chi connectivity index (χ4n) is 1.94. The number of carbonyl (C=O) groups is 1. The fourth-order valence-corrected chi connectivity index (χ4v) is 1.94. The zero-order valence-corrected chi connectivity index (χ0v) is 11.6. The number of benzene rings is 1. The molecular weight excluding hydrogens is 297 g/mol. The van der Waals surface area contributed by atoms with Gasteiger partial charge in [0.1, 0.15) is 11.3 Å². The minimum atomic E-state index is -4.66. The highest BCUT2D eigenvalue weighted by Gasteiger charge is 2.32. The number of nitrogens with one attached hydrogen (secondary N) is 1. The molecule has 0 saturated carbocycles. The summed E-state index contributed by atoms with van der Waals surface area (Å²) in [6.45, 7) is 0.250. The summed E-state index contributed by atoms with van der Waals surface area (Å²) in [5.41, 5.74) is -1.72. The van der Waals surface area contributed by atoms with Crippen LogP contribution in [0.4, 0.5) is 13.2 Å². The number of carbonyl (C=O) groups excluding carboxylic acids is 1. The van der Waals surface area contributed by atoms with E-state index in [9.17, 15) is 22.8 Å². The van der Waals surface area contributed by atoms with Crippen LogP contribution >= 0.6 is 0 Å². The van der Waals surface area contributed by atoms with Crippen molar-refractivity contribution in [1.82, 2.24) is 9.88 Å². The molecule has 1 heterocycles. The fraction of sp³-hybridized carbons (Fsp3) is 0.200. The van der Waals surface area contributed by atoms with E-state index < -0.39 is 23.3 Å². The van der Waals surface area contributed by atoms with Crippen LogP contribution in [0, 0.1) is 0 Å². The Labute approximate surface area is 124 Å². The summed E-state index contributed by atoms with van der Waals surface area (Å²) in [5.74, 6) is -0.640. The van der Waals surface area contributed by atoms with Crippen molar-refractivity contribution in [2.75, 3.05) is 7.05 Å². The number of nitrogens with zero attached hydrogens (tertiary/aromatic N) is 1. The standard InChI is InChI=1S/C15H13F3N2O2/c1-20(9-10-5-3-2-4-6-10)14(22)11-7-8-12(15(16,17)18)19-13(11)21/h2-8H,9H2,1H3,(H,19,21). The van der Waals surface area contributed by atoms with E-state index in [4.69, 9.17) is 0 Å². The molecule has 1 aromatic heterocycles. The zero-order chi connectivity index (χ0) is 16.3. The van der Waals surface area contributed by atoms with E-state index in [-0.39, 0.29) is 12.1 Å². The van der Waals surface area contributed by atoms with Crippen LogP contribution in [-0.2, 0) is 12.7 Å². The van der Waals surface area contributed by atoms with Crippen molar-refractivity contribution in [3.05, 3.63) is 69.6 Å². The summed E-state index contributed by atoms with van der Waals surface area (Å²) in [6, 6.07) is 10.6. The molecule has 1 aromatic carbocycles. The van der Waals surface area contributed by atoms with Gasteiger partial charge in [-0.15, -0.1) is 0 Å². The van der Waals surface area contributed by atoms with Crippen molar-refractivity contribution in [3.8, 4) is 0 Å². The summed E-state index contributed by atoms with van der Waals surface area (Å²) in [4.78, 5) is 26.8. The third kappa shape index (κ3) is 3.55. The van der Waals surface area contributed by atoms with Gasteiger partial charge in [-0.2, -0.15) is 13.2 Å². The molecule has 0 atom stereocenters. The largest absolute Gasteiger partial charge is 0.431 e. The lowest BCUT2D eigenvalue weighted by molar-refractivity contribution is -0.141. The van der Waals surface area contributed by atoms with Gasteiger partial charge < -0.3 is 9.88 Å². The first-order valence-corrected chi connectivity index (χ1v) is 6.39. The van der Waals surface area contributed by atoms with E-state index in [2.05, 4.69) is 0 Å². The molecule has 0 aliphatic heterocycles. The van der Waals surface area contributed by atoms with Crippen LogP contribution in [0.15, 0.2) is 47.3 Å². The molecule has 1 amide bonds. The zero-order valence-electron chi connectivity index (χ0n) is 11.6. The van der Waals surface area contributed by atoms with Gasteiger partial charge in [0.2, 0.25) is 0 Å². The second-order valence-electron chi connectivity index (χ2n) is 4.76. The van der Waals surface area contributed by atoms with Gasteiger partial charge in [0.05, 0.1) is 0 Å². The number of H-pyrrole nitrogens is 1. The Bertz CT molecular complexity index is 724. The second-order valence-corrected chi connectivity index (χ2v) is 4.76. The molecule has 0 fully saturated rings. The number of rotatable bonds is 3. The third-order valence-electron chi connectivity index (χ3n) is 3.05. The number of alkyl halides is 3. The summed E-state index contributed by atoms with van der Waals surface area (Å²) < 4.78 is 37.4. The predicted octanol–water partition coefficient (Wildman–Crippen LogP) is 2.67. The Balaban J connectivity index is 2.21. The number of amides is 1. The molecule has 1 N–H and O–H groups in total. The molecule has 0 bridgehead atoms. The Morgan fingerprint density at radius 2 is 1.77 bits per heavy atom. The van der Waals surface area contributed by atoms with Crippen molar-refractivity contribution in [2.45, 2.75) is 12.7 Å². The highest BCUT2D eigenvalue weighted by Crippen LogP contribution is 2.26. The quantitative estimate of drug-likeness (QED) is 0.947. The van der Waals surface area contributed by atoms with Crippen LogP contribution in [-0.4, -0.2) is 22.8 Å². The van der Waals surface area contributed by atoms with Crippen molar-refractivity contribution in [2.24, 2.45) is 0 Å². The predicted molar refractivity (Wildman–Crippen MR) is 74.3 cm³/mol. The minimum absolute atomic E-state index is 0.250. The first-order chi connectivity index (χ1) is 10.3. The van der Waals surface area contributed by atoms with Crippen LogP contribution < -0.4 is 5.56 Å². The van der Waals surface area contributed by atoms with Crippen molar-refractivity contribution in [3.63, 3.8) is 0 Å². The molecule has 0 unspecified atom stereocenters. The number of halogens is 3. The van der Waals surface area contributed by atoms with E-state index in [0.29, 0.717) is 6.07 Å². The van der Waals surface area contributed by atoms with Crippen molar-refractivity contribution in [1.29, 1.82) is 0 Å². The van der Waals surface area contributed by atoms with Gasteiger partial charge in [-0.3, -0.25) is 9.59 Å². The number of pyridine rings is 1. The lowest BCUT2D eigenvalue weighted by Gasteiger charge is -2.17. The summed E-state index contributed by atoms with van der Waals surface area (Å²) in [6.07, 6.45) is -4.66. The topological polar surface area (TPSA) is 53.2 Å². The highest BCUT2D eigenvalue weighted by atomic mass is 19.4. The van der Waals surface area contributed by atoms with Crippen molar-refractivity contribution < 1.29 is 18.0 Å². The molecular formula is C15H13F3N2O2. The van der Waals surface area contributed by atoms with E-state index >= 15 is 0 Å². The average Bonchev–Trinajstić information content (AvgIpc) is 2.46. The summed E-state index contributed by atoms with van der Waals surface area (Å²) >= 11 is 0. The SMILES string of the molecule is CN(Cc1ccccc1)C(=O)c1ccc(C(F)(F)F)[nH]c1=O. The van der Waals surface area contributed by atoms with E-state index in [1.807, 2.05) is 6.07 Å². The molecule has 0 radical (unpaired) electrons. The molecule has 0 spiro atoms. The van der Waals surface area contributed by atoms with Crippen LogP contribution in [0.3, 0.4) is 0 Å². The Morgan fingerprint density at radius 1 is 1.14 bits per heavy atom. The number of aromatic nitrogens is 1.